The molecule has 1 N–H and O–H groups in total. The maximum atomic E-state index is 14.0. The fraction of sp³-hybridized carbons (Fsp3) is 0.0909. The number of pyridine rings is 1. The fourth-order valence-electron chi connectivity index (χ4n) is 3.32. The van der Waals surface area contributed by atoms with Crippen molar-refractivity contribution in [2.24, 2.45) is 0 Å². The predicted molar refractivity (Wildman–Crippen MR) is 105 cm³/mol. The summed E-state index contributed by atoms with van der Waals surface area (Å²) in [5, 5.41) is 3.72. The first kappa shape index (κ1) is 17.0. The van der Waals surface area contributed by atoms with E-state index in [2.05, 4.69) is 5.32 Å². The van der Waals surface area contributed by atoms with Gasteiger partial charge in [-0.15, -0.1) is 0 Å². The zero-order chi connectivity index (χ0) is 19.0. The molecule has 4 nitrogen and oxygen atoms in total. The minimum atomic E-state index is -0.483. The number of para-hydroxylation sites is 2. The first-order chi connectivity index (χ1) is 13.0. The number of carbonyl (C=O) groups excluding carboxylic acids is 1. The van der Waals surface area contributed by atoms with Crippen LogP contribution in [0.15, 0.2) is 71.5 Å². The number of carbonyl (C=O) groups is 1. The molecular weight excluding hydrogens is 343 g/mol. The van der Waals surface area contributed by atoms with Crippen molar-refractivity contribution in [3.05, 3.63) is 88.3 Å². The number of halogens is 1. The summed E-state index contributed by atoms with van der Waals surface area (Å²) in [5.41, 5.74) is 2.27. The number of fused-ring (bicyclic) bond motifs is 2. The highest BCUT2D eigenvalue weighted by Crippen LogP contribution is 2.20. The normalized spacial score (nSPS) is 11.0. The van der Waals surface area contributed by atoms with Gasteiger partial charge in [-0.2, -0.15) is 0 Å². The van der Waals surface area contributed by atoms with Crippen LogP contribution in [0, 0.1) is 12.7 Å². The van der Waals surface area contributed by atoms with Gasteiger partial charge in [0.05, 0.1) is 16.7 Å². The van der Waals surface area contributed by atoms with Crippen molar-refractivity contribution < 1.29 is 9.18 Å². The van der Waals surface area contributed by atoms with E-state index in [0.29, 0.717) is 21.8 Å². The molecule has 0 saturated heterocycles. The molecule has 1 amide bonds. The Bertz CT molecular complexity index is 1180. The predicted octanol–water partition coefficient (Wildman–Crippen LogP) is 4.24. The smallest absolute Gasteiger partial charge is 0.244 e. The van der Waals surface area contributed by atoms with Crippen LogP contribution in [0.4, 0.5) is 10.1 Å². The molecule has 0 radical (unpaired) electrons. The zero-order valence-corrected chi connectivity index (χ0v) is 14.7. The van der Waals surface area contributed by atoms with E-state index >= 15 is 0 Å². The Kier molecular flexibility index (Phi) is 4.20. The Labute approximate surface area is 154 Å². The SMILES string of the molecule is Cc1ccc(F)c(NC(=O)Cn2c3ccccc3c(=O)c3ccccc32)c1. The molecule has 4 aromatic rings. The molecule has 5 heteroatoms. The second kappa shape index (κ2) is 6.68. The largest absolute Gasteiger partial charge is 0.331 e. The van der Waals surface area contributed by atoms with Gasteiger partial charge in [0, 0.05) is 10.8 Å². The summed E-state index contributed by atoms with van der Waals surface area (Å²) in [7, 11) is 0. The molecule has 3 aromatic carbocycles. The number of benzene rings is 3. The molecule has 4 rings (SSSR count). The Morgan fingerprint density at radius 3 is 2.19 bits per heavy atom. The molecule has 0 fully saturated rings. The Morgan fingerprint density at radius 1 is 0.963 bits per heavy atom. The molecule has 0 aliphatic carbocycles. The summed E-state index contributed by atoms with van der Waals surface area (Å²) in [6, 6.07) is 18.9. The van der Waals surface area contributed by atoms with E-state index in [9.17, 15) is 14.0 Å². The van der Waals surface area contributed by atoms with Crippen molar-refractivity contribution in [2.45, 2.75) is 13.5 Å². The lowest BCUT2D eigenvalue weighted by Gasteiger charge is -2.15. The molecule has 0 saturated carbocycles. The molecule has 0 bridgehead atoms. The van der Waals surface area contributed by atoms with E-state index in [1.807, 2.05) is 31.2 Å². The van der Waals surface area contributed by atoms with E-state index in [1.54, 1.807) is 41.0 Å². The second-order valence-corrected chi connectivity index (χ2v) is 6.48. The van der Waals surface area contributed by atoms with Crippen molar-refractivity contribution in [1.29, 1.82) is 0 Å². The molecule has 0 atom stereocenters. The third-order valence-electron chi connectivity index (χ3n) is 4.58. The fourth-order valence-corrected chi connectivity index (χ4v) is 3.32. The van der Waals surface area contributed by atoms with E-state index in [4.69, 9.17) is 0 Å². The van der Waals surface area contributed by atoms with Gasteiger partial charge < -0.3 is 9.88 Å². The first-order valence-corrected chi connectivity index (χ1v) is 8.61. The van der Waals surface area contributed by atoms with E-state index < -0.39 is 5.82 Å². The molecule has 0 aliphatic rings. The molecule has 134 valence electrons. The summed E-state index contributed by atoms with van der Waals surface area (Å²) in [5.74, 6) is -0.845. The highest BCUT2D eigenvalue weighted by molar-refractivity contribution is 5.97. The Balaban J connectivity index is 1.81. The Morgan fingerprint density at radius 2 is 1.56 bits per heavy atom. The van der Waals surface area contributed by atoms with Crippen LogP contribution >= 0.6 is 0 Å². The molecule has 1 heterocycles. The van der Waals surface area contributed by atoms with Gasteiger partial charge in [-0.05, 0) is 48.9 Å². The number of amides is 1. The lowest BCUT2D eigenvalue weighted by molar-refractivity contribution is -0.116. The van der Waals surface area contributed by atoms with Crippen molar-refractivity contribution in [2.75, 3.05) is 5.32 Å². The lowest BCUT2D eigenvalue weighted by atomic mass is 10.1. The van der Waals surface area contributed by atoms with Crippen LogP contribution in [0.1, 0.15) is 5.56 Å². The van der Waals surface area contributed by atoms with Crippen LogP contribution in [0.25, 0.3) is 21.8 Å². The number of nitrogens with one attached hydrogen (secondary N) is 1. The summed E-state index contributed by atoms with van der Waals surface area (Å²) in [6.07, 6.45) is 0. The van der Waals surface area contributed by atoms with Crippen molar-refractivity contribution >= 4 is 33.4 Å². The van der Waals surface area contributed by atoms with Gasteiger partial charge in [0.15, 0.2) is 5.43 Å². The zero-order valence-electron chi connectivity index (χ0n) is 14.7. The van der Waals surface area contributed by atoms with Crippen LogP contribution in [0.5, 0.6) is 0 Å². The van der Waals surface area contributed by atoms with Crippen molar-refractivity contribution in [3.8, 4) is 0 Å². The number of nitrogens with zero attached hydrogens (tertiary/aromatic N) is 1. The molecular formula is C22H17FN2O2. The van der Waals surface area contributed by atoms with Gasteiger partial charge in [0.2, 0.25) is 5.91 Å². The summed E-state index contributed by atoms with van der Waals surface area (Å²) < 4.78 is 15.8. The molecule has 0 unspecified atom stereocenters. The van der Waals surface area contributed by atoms with Crippen molar-refractivity contribution in [3.63, 3.8) is 0 Å². The van der Waals surface area contributed by atoms with Crippen LogP contribution in [0.3, 0.4) is 0 Å². The highest BCUT2D eigenvalue weighted by Gasteiger charge is 2.14. The van der Waals surface area contributed by atoms with Crippen LogP contribution < -0.4 is 10.7 Å². The highest BCUT2D eigenvalue weighted by atomic mass is 19.1. The lowest BCUT2D eigenvalue weighted by Crippen LogP contribution is -2.22. The van der Waals surface area contributed by atoms with Crippen LogP contribution in [-0.2, 0) is 11.3 Å². The summed E-state index contributed by atoms with van der Waals surface area (Å²) in [4.78, 5) is 25.4. The first-order valence-electron chi connectivity index (χ1n) is 8.61. The van der Waals surface area contributed by atoms with Gasteiger partial charge in [0.1, 0.15) is 12.4 Å². The standard InChI is InChI=1S/C22H17FN2O2/c1-14-10-11-17(23)18(12-14)24-21(26)13-25-19-8-4-2-6-15(19)22(27)16-7-3-5-9-20(16)25/h2-12H,13H2,1H3,(H,24,26). The number of aromatic nitrogens is 1. The third kappa shape index (κ3) is 3.08. The maximum Gasteiger partial charge on any atom is 0.244 e. The van der Waals surface area contributed by atoms with Crippen molar-refractivity contribution in [1.82, 2.24) is 4.57 Å². The van der Waals surface area contributed by atoms with Crippen LogP contribution in [-0.4, -0.2) is 10.5 Å². The number of hydrogen-bond acceptors (Lipinski definition) is 2. The van der Waals surface area contributed by atoms with Gasteiger partial charge in [-0.25, -0.2) is 4.39 Å². The summed E-state index contributed by atoms with van der Waals surface area (Å²) in [6.45, 7) is 1.80. The van der Waals surface area contributed by atoms with E-state index in [1.165, 1.54) is 6.07 Å². The molecule has 27 heavy (non-hydrogen) atoms. The van der Waals surface area contributed by atoms with E-state index in [0.717, 1.165) is 5.56 Å². The number of rotatable bonds is 3. The van der Waals surface area contributed by atoms with Gasteiger partial charge in [-0.1, -0.05) is 30.3 Å². The number of anilines is 1. The maximum absolute atomic E-state index is 14.0. The third-order valence-corrected chi connectivity index (χ3v) is 4.58. The number of aryl methyl sites for hydroxylation is 1. The van der Waals surface area contributed by atoms with Crippen LogP contribution in [0.2, 0.25) is 0 Å². The van der Waals surface area contributed by atoms with Gasteiger partial charge in [0.25, 0.3) is 0 Å². The Hall–Kier alpha value is -3.47. The molecule has 1 aromatic heterocycles. The second-order valence-electron chi connectivity index (χ2n) is 6.48. The average Bonchev–Trinajstić information content (AvgIpc) is 2.68. The quantitative estimate of drug-likeness (QED) is 0.556. The van der Waals surface area contributed by atoms with Gasteiger partial charge in [-0.3, -0.25) is 9.59 Å². The number of hydrogen-bond donors (Lipinski definition) is 1. The van der Waals surface area contributed by atoms with Gasteiger partial charge >= 0.3 is 0 Å². The monoisotopic (exact) mass is 360 g/mol. The minimum Gasteiger partial charge on any atom is -0.331 e. The average molecular weight is 360 g/mol. The molecule has 0 aliphatic heterocycles. The summed E-state index contributed by atoms with van der Waals surface area (Å²) >= 11 is 0. The van der Waals surface area contributed by atoms with E-state index in [-0.39, 0.29) is 23.6 Å². The minimum absolute atomic E-state index is 0.0330. The topological polar surface area (TPSA) is 51.1 Å². The molecule has 0 spiro atoms.